The van der Waals surface area contributed by atoms with E-state index in [2.05, 4.69) is 201 Å². The highest BCUT2D eigenvalue weighted by atomic mass is 16.3. The Bertz CT molecular complexity index is 3030. The fraction of sp³-hybridized carbons (Fsp3) is 0.236. The lowest BCUT2D eigenvalue weighted by molar-refractivity contribution is 0.590. The Hall–Kier alpha value is -5.86. The van der Waals surface area contributed by atoms with Crippen LogP contribution in [-0.4, -0.2) is 0 Å². The van der Waals surface area contributed by atoms with Gasteiger partial charge in [-0.2, -0.15) is 0 Å². The molecule has 0 aliphatic heterocycles. The van der Waals surface area contributed by atoms with Crippen molar-refractivity contribution in [3.8, 4) is 33.4 Å². The third kappa shape index (κ3) is 4.53. The molecule has 0 bridgehead atoms. The van der Waals surface area contributed by atoms with E-state index in [0.717, 1.165) is 16.9 Å². The van der Waals surface area contributed by atoms with Crippen LogP contribution in [0.4, 0.5) is 17.1 Å². The van der Waals surface area contributed by atoms with Gasteiger partial charge in [0.2, 0.25) is 0 Å². The molecule has 11 rings (SSSR count). The molecule has 57 heavy (non-hydrogen) atoms. The summed E-state index contributed by atoms with van der Waals surface area (Å²) < 4.78 is 6.83. The molecule has 0 N–H and O–H groups in total. The van der Waals surface area contributed by atoms with Crippen LogP contribution in [0.5, 0.6) is 0 Å². The second-order valence-electron chi connectivity index (χ2n) is 19.4. The summed E-state index contributed by atoms with van der Waals surface area (Å²) in [6, 6.07) is 50.6. The highest BCUT2D eigenvalue weighted by Gasteiger charge is 2.42. The average molecular weight is 740 g/mol. The molecule has 0 fully saturated rings. The van der Waals surface area contributed by atoms with Crippen molar-refractivity contribution in [1.29, 1.82) is 0 Å². The molecule has 280 valence electrons. The van der Waals surface area contributed by atoms with Crippen molar-refractivity contribution in [1.82, 2.24) is 0 Å². The van der Waals surface area contributed by atoms with Gasteiger partial charge in [0.15, 0.2) is 0 Å². The van der Waals surface area contributed by atoms with E-state index in [-0.39, 0.29) is 21.7 Å². The minimum Gasteiger partial charge on any atom is -0.456 e. The van der Waals surface area contributed by atoms with Crippen LogP contribution in [0.15, 0.2) is 138 Å². The summed E-state index contributed by atoms with van der Waals surface area (Å²) in [6.45, 7) is 21.1. The van der Waals surface area contributed by atoms with E-state index in [1.165, 1.54) is 94.5 Å². The maximum atomic E-state index is 6.83. The van der Waals surface area contributed by atoms with Crippen LogP contribution in [0.1, 0.15) is 101 Å². The second-order valence-corrected chi connectivity index (χ2v) is 19.4. The lowest BCUT2D eigenvalue weighted by Crippen LogP contribution is -2.18. The molecule has 0 radical (unpaired) electrons. The molecular weight excluding hydrogens is 691 g/mol. The molecule has 0 atom stereocenters. The largest absolute Gasteiger partial charge is 0.456 e. The molecule has 0 saturated heterocycles. The van der Waals surface area contributed by atoms with Gasteiger partial charge in [0.05, 0.1) is 5.69 Å². The average Bonchev–Trinajstić information content (AvgIpc) is 3.83. The Morgan fingerprint density at radius 2 is 1.07 bits per heavy atom. The molecule has 1 aromatic heterocycles. The molecule has 8 aromatic rings. The highest BCUT2D eigenvalue weighted by Crippen LogP contribution is 2.58. The second kappa shape index (κ2) is 11.2. The van der Waals surface area contributed by atoms with Gasteiger partial charge in [0.1, 0.15) is 11.2 Å². The minimum absolute atomic E-state index is 0.0571. The van der Waals surface area contributed by atoms with Gasteiger partial charge in [-0.25, -0.2) is 0 Å². The van der Waals surface area contributed by atoms with Gasteiger partial charge < -0.3 is 9.32 Å². The smallest absolute Gasteiger partial charge is 0.140 e. The molecule has 2 nitrogen and oxygen atoms in total. The first kappa shape index (κ1) is 34.4. The van der Waals surface area contributed by atoms with Crippen LogP contribution >= 0.6 is 0 Å². The van der Waals surface area contributed by atoms with Crippen molar-refractivity contribution in [2.45, 2.75) is 84.0 Å². The van der Waals surface area contributed by atoms with Gasteiger partial charge in [-0.15, -0.1) is 0 Å². The molecule has 1 heterocycles. The molecule has 0 amide bonds. The molecule has 0 spiro atoms. The first-order chi connectivity index (χ1) is 27.2. The summed E-state index contributed by atoms with van der Waals surface area (Å²) in [5, 5.41) is 2.39. The van der Waals surface area contributed by atoms with E-state index in [1.54, 1.807) is 0 Å². The molecule has 0 saturated carbocycles. The summed E-state index contributed by atoms with van der Waals surface area (Å²) in [6.07, 6.45) is 0. The molecule has 0 unspecified atom stereocenters. The van der Waals surface area contributed by atoms with Gasteiger partial charge in [-0.1, -0.05) is 147 Å². The number of benzene rings is 7. The highest BCUT2D eigenvalue weighted by molar-refractivity contribution is 6.09. The van der Waals surface area contributed by atoms with Crippen LogP contribution in [0.25, 0.3) is 55.3 Å². The molecule has 3 aliphatic carbocycles. The van der Waals surface area contributed by atoms with E-state index in [1.807, 2.05) is 0 Å². The Balaban J connectivity index is 1.15. The topological polar surface area (TPSA) is 16.4 Å². The van der Waals surface area contributed by atoms with Gasteiger partial charge >= 0.3 is 0 Å². The van der Waals surface area contributed by atoms with Crippen LogP contribution in [0, 0.1) is 0 Å². The van der Waals surface area contributed by atoms with Gasteiger partial charge in [0.25, 0.3) is 0 Å². The lowest BCUT2D eigenvalue weighted by atomic mass is 9.81. The van der Waals surface area contributed by atoms with Crippen molar-refractivity contribution >= 4 is 39.0 Å². The van der Waals surface area contributed by atoms with Crippen LogP contribution in [0.3, 0.4) is 0 Å². The first-order valence-electron chi connectivity index (χ1n) is 20.6. The van der Waals surface area contributed by atoms with Crippen molar-refractivity contribution in [2.75, 3.05) is 4.90 Å². The van der Waals surface area contributed by atoms with Crippen LogP contribution in [0.2, 0.25) is 0 Å². The number of hydrogen-bond acceptors (Lipinski definition) is 2. The van der Waals surface area contributed by atoms with Crippen molar-refractivity contribution in [3.05, 3.63) is 172 Å². The van der Waals surface area contributed by atoms with E-state index in [4.69, 9.17) is 4.42 Å². The Morgan fingerprint density at radius 3 is 1.84 bits per heavy atom. The standard InChI is InChI=1S/C55H49NO/c1-52(2,3)32-21-28-48-41(29-32)38-26-25-37-40-30-33(23-27-44(40)55(8,9)50(37)51(38)57-48)56(34-22-24-36-35-15-10-12-17-42(35)54(6,7)46(36)31-34)47-20-14-19-45-49(47)39-16-11-13-18-43(39)53(45,4)5/h10-31H,1-9H3. The quantitative estimate of drug-likeness (QED) is 0.179. The first-order valence-corrected chi connectivity index (χ1v) is 20.6. The molecule has 2 heteroatoms. The molecule has 7 aromatic carbocycles. The van der Waals surface area contributed by atoms with Crippen LogP contribution < -0.4 is 4.90 Å². The minimum atomic E-state index is -0.241. The van der Waals surface area contributed by atoms with Crippen molar-refractivity contribution in [3.63, 3.8) is 0 Å². The zero-order valence-corrected chi connectivity index (χ0v) is 34.6. The monoisotopic (exact) mass is 739 g/mol. The third-order valence-electron chi connectivity index (χ3n) is 14.0. The predicted molar refractivity (Wildman–Crippen MR) is 240 cm³/mol. The van der Waals surface area contributed by atoms with Gasteiger partial charge in [-0.3, -0.25) is 0 Å². The fourth-order valence-corrected chi connectivity index (χ4v) is 10.9. The lowest BCUT2D eigenvalue weighted by Gasteiger charge is -2.31. The van der Waals surface area contributed by atoms with E-state index in [9.17, 15) is 0 Å². The zero-order chi connectivity index (χ0) is 39.4. The van der Waals surface area contributed by atoms with Crippen LogP contribution in [-0.2, 0) is 21.7 Å². The SMILES string of the molecule is CC(C)(C)c1ccc2oc3c4c(ccc3c2c1)-c1cc(N(c2ccc3c(c2)C(C)(C)c2ccccc2-3)c2cccc3c2-c2ccccc2C3(C)C)ccc1C4(C)C. The maximum absolute atomic E-state index is 6.83. The maximum Gasteiger partial charge on any atom is 0.140 e. The number of fused-ring (bicyclic) bond motifs is 13. The third-order valence-corrected chi connectivity index (χ3v) is 14.0. The van der Waals surface area contributed by atoms with E-state index in [0.29, 0.717) is 0 Å². The summed E-state index contributed by atoms with van der Waals surface area (Å²) in [7, 11) is 0. The van der Waals surface area contributed by atoms with Gasteiger partial charge in [-0.05, 0) is 115 Å². The zero-order valence-electron chi connectivity index (χ0n) is 34.6. The Morgan fingerprint density at radius 1 is 0.456 bits per heavy atom. The Kier molecular flexibility index (Phi) is 6.74. The predicted octanol–water partition coefficient (Wildman–Crippen LogP) is 15.3. The van der Waals surface area contributed by atoms with Crippen molar-refractivity contribution in [2.24, 2.45) is 0 Å². The fourth-order valence-electron chi connectivity index (χ4n) is 10.9. The summed E-state index contributed by atoms with van der Waals surface area (Å²) >= 11 is 0. The number of hydrogen-bond donors (Lipinski definition) is 0. The van der Waals surface area contributed by atoms with E-state index >= 15 is 0 Å². The normalized spacial score (nSPS) is 16.2. The number of nitrogens with zero attached hydrogens (tertiary/aromatic N) is 1. The van der Waals surface area contributed by atoms with Crippen molar-refractivity contribution < 1.29 is 4.42 Å². The molecular formula is C55H49NO. The Labute approximate surface area is 336 Å². The number of rotatable bonds is 3. The number of anilines is 3. The summed E-state index contributed by atoms with van der Waals surface area (Å²) in [5.74, 6) is 0. The summed E-state index contributed by atoms with van der Waals surface area (Å²) in [4.78, 5) is 2.54. The van der Waals surface area contributed by atoms with Gasteiger partial charge in [0, 0.05) is 49.5 Å². The molecule has 3 aliphatic rings. The number of furan rings is 1. The summed E-state index contributed by atoms with van der Waals surface area (Å²) in [5.41, 5.74) is 22.4. The van der Waals surface area contributed by atoms with E-state index < -0.39 is 0 Å².